The molecule has 0 saturated carbocycles. The van der Waals surface area contributed by atoms with Gasteiger partial charge in [-0.15, -0.1) is 0 Å². The first kappa shape index (κ1) is 12.6. The zero-order chi connectivity index (χ0) is 13.1. The summed E-state index contributed by atoms with van der Waals surface area (Å²) in [6.07, 6.45) is 0. The van der Waals surface area contributed by atoms with E-state index in [0.29, 0.717) is 0 Å². The molecule has 2 aromatic rings. The lowest BCUT2D eigenvalue weighted by Crippen LogP contribution is -2.20. The Bertz CT molecular complexity index is 529. The molecular weight excluding hydrogens is 222 g/mol. The molecule has 1 heterocycles. The van der Waals surface area contributed by atoms with Crippen molar-refractivity contribution in [1.29, 1.82) is 0 Å². The highest BCUT2D eigenvalue weighted by Crippen LogP contribution is 2.14. The molecular formula is C15H19N3. The fraction of sp³-hybridized carbons (Fsp3) is 0.333. The first-order valence-corrected chi connectivity index (χ1v) is 6.14. The smallest absolute Gasteiger partial charge is 0.225 e. The molecule has 3 heteroatoms. The molecule has 1 aromatic carbocycles. The number of rotatable bonds is 3. The van der Waals surface area contributed by atoms with Crippen LogP contribution in [0, 0.1) is 20.8 Å². The second-order valence-corrected chi connectivity index (χ2v) is 4.73. The van der Waals surface area contributed by atoms with Crippen molar-refractivity contribution in [3.05, 3.63) is 52.8 Å². The van der Waals surface area contributed by atoms with Crippen molar-refractivity contribution in [3.63, 3.8) is 0 Å². The summed E-state index contributed by atoms with van der Waals surface area (Å²) in [6, 6.07) is 10.4. The van der Waals surface area contributed by atoms with E-state index < -0.39 is 0 Å². The zero-order valence-electron chi connectivity index (χ0n) is 11.4. The number of hydrogen-bond acceptors (Lipinski definition) is 3. The van der Waals surface area contributed by atoms with Gasteiger partial charge in [-0.2, -0.15) is 0 Å². The van der Waals surface area contributed by atoms with Gasteiger partial charge in [-0.1, -0.05) is 24.3 Å². The Morgan fingerprint density at radius 2 is 1.61 bits per heavy atom. The molecule has 94 valence electrons. The predicted octanol–water partition coefficient (Wildman–Crippen LogP) is 3.04. The maximum absolute atomic E-state index is 4.47. The average Bonchev–Trinajstić information content (AvgIpc) is 2.31. The Hall–Kier alpha value is -1.90. The van der Waals surface area contributed by atoms with Crippen LogP contribution in [0.3, 0.4) is 0 Å². The van der Waals surface area contributed by atoms with Crippen molar-refractivity contribution < 1.29 is 0 Å². The van der Waals surface area contributed by atoms with E-state index in [1.54, 1.807) is 0 Å². The molecule has 1 aromatic heterocycles. The molecule has 2 rings (SSSR count). The van der Waals surface area contributed by atoms with Crippen molar-refractivity contribution in [2.75, 3.05) is 11.9 Å². The molecule has 0 saturated heterocycles. The van der Waals surface area contributed by atoms with E-state index in [9.17, 15) is 0 Å². The van der Waals surface area contributed by atoms with Gasteiger partial charge in [0.2, 0.25) is 5.95 Å². The Kier molecular flexibility index (Phi) is 3.60. The highest BCUT2D eigenvalue weighted by Gasteiger charge is 2.07. The van der Waals surface area contributed by atoms with Gasteiger partial charge in [0.1, 0.15) is 0 Å². The lowest BCUT2D eigenvalue weighted by Gasteiger charge is -2.19. The number of anilines is 1. The predicted molar refractivity (Wildman–Crippen MR) is 74.8 cm³/mol. The van der Waals surface area contributed by atoms with Gasteiger partial charge in [0.15, 0.2) is 0 Å². The van der Waals surface area contributed by atoms with Crippen LogP contribution in [-0.2, 0) is 6.54 Å². The molecule has 0 spiro atoms. The second kappa shape index (κ2) is 5.17. The van der Waals surface area contributed by atoms with Crippen LogP contribution >= 0.6 is 0 Å². The summed E-state index contributed by atoms with van der Waals surface area (Å²) >= 11 is 0. The largest absolute Gasteiger partial charge is 0.340 e. The molecule has 0 amide bonds. The number of hydrogen-bond donors (Lipinski definition) is 0. The maximum atomic E-state index is 4.47. The minimum absolute atomic E-state index is 0.788. The monoisotopic (exact) mass is 241 g/mol. The molecule has 0 bridgehead atoms. The van der Waals surface area contributed by atoms with Gasteiger partial charge in [-0.25, -0.2) is 9.97 Å². The standard InChI is InChI=1S/C15H19N3/c1-11-7-5-6-8-14(11)10-18(4)15-16-12(2)9-13(3)17-15/h5-9H,10H2,1-4H3. The van der Waals surface area contributed by atoms with Crippen LogP contribution in [0.1, 0.15) is 22.5 Å². The van der Waals surface area contributed by atoms with E-state index in [1.165, 1.54) is 11.1 Å². The molecule has 0 radical (unpaired) electrons. The van der Waals surface area contributed by atoms with Crippen LogP contribution in [0.2, 0.25) is 0 Å². The summed E-state index contributed by atoms with van der Waals surface area (Å²) in [6.45, 7) is 6.96. The fourth-order valence-electron chi connectivity index (χ4n) is 1.99. The van der Waals surface area contributed by atoms with Gasteiger partial charge in [0, 0.05) is 25.0 Å². The minimum Gasteiger partial charge on any atom is -0.340 e. The first-order valence-electron chi connectivity index (χ1n) is 6.14. The number of benzene rings is 1. The molecule has 18 heavy (non-hydrogen) atoms. The van der Waals surface area contributed by atoms with Crippen molar-refractivity contribution in [3.8, 4) is 0 Å². The highest BCUT2D eigenvalue weighted by molar-refractivity contribution is 5.35. The van der Waals surface area contributed by atoms with Gasteiger partial charge in [0.05, 0.1) is 0 Å². The molecule has 0 fully saturated rings. The SMILES string of the molecule is Cc1cc(C)nc(N(C)Cc2ccccc2C)n1. The summed E-state index contributed by atoms with van der Waals surface area (Å²) in [4.78, 5) is 11.0. The maximum Gasteiger partial charge on any atom is 0.225 e. The lowest BCUT2D eigenvalue weighted by atomic mass is 10.1. The Morgan fingerprint density at radius 1 is 1.00 bits per heavy atom. The molecule has 0 aliphatic rings. The minimum atomic E-state index is 0.788. The first-order chi connectivity index (χ1) is 8.56. The molecule has 3 nitrogen and oxygen atoms in total. The molecule has 0 unspecified atom stereocenters. The summed E-state index contributed by atoms with van der Waals surface area (Å²) in [7, 11) is 2.03. The third-order valence-corrected chi connectivity index (χ3v) is 2.98. The van der Waals surface area contributed by atoms with Crippen molar-refractivity contribution in [1.82, 2.24) is 9.97 Å². The van der Waals surface area contributed by atoms with Gasteiger partial charge in [0.25, 0.3) is 0 Å². The van der Waals surface area contributed by atoms with Crippen LogP contribution in [0.4, 0.5) is 5.95 Å². The van der Waals surface area contributed by atoms with Gasteiger partial charge < -0.3 is 4.90 Å². The highest BCUT2D eigenvalue weighted by atomic mass is 15.2. The Morgan fingerprint density at radius 3 is 2.22 bits per heavy atom. The molecule has 0 aliphatic carbocycles. The van der Waals surface area contributed by atoms with Crippen LogP contribution in [0.5, 0.6) is 0 Å². The van der Waals surface area contributed by atoms with E-state index in [1.807, 2.05) is 27.0 Å². The van der Waals surface area contributed by atoms with Crippen LogP contribution in [0.25, 0.3) is 0 Å². The topological polar surface area (TPSA) is 29.0 Å². The second-order valence-electron chi connectivity index (χ2n) is 4.73. The fourth-order valence-corrected chi connectivity index (χ4v) is 1.99. The Balaban J connectivity index is 2.22. The van der Waals surface area contributed by atoms with Gasteiger partial charge >= 0.3 is 0 Å². The van der Waals surface area contributed by atoms with Gasteiger partial charge in [-0.3, -0.25) is 0 Å². The summed E-state index contributed by atoms with van der Waals surface area (Å²) < 4.78 is 0. The molecule has 0 atom stereocenters. The van der Waals surface area contributed by atoms with Crippen LogP contribution in [0.15, 0.2) is 30.3 Å². The van der Waals surface area contributed by atoms with Crippen LogP contribution in [-0.4, -0.2) is 17.0 Å². The van der Waals surface area contributed by atoms with Gasteiger partial charge in [-0.05, 0) is 38.0 Å². The summed E-state index contributed by atoms with van der Waals surface area (Å²) in [5, 5.41) is 0. The van der Waals surface area contributed by atoms with Crippen molar-refractivity contribution in [2.24, 2.45) is 0 Å². The van der Waals surface area contributed by atoms with Crippen molar-refractivity contribution >= 4 is 5.95 Å². The molecule has 0 aliphatic heterocycles. The van der Waals surface area contributed by atoms with E-state index in [-0.39, 0.29) is 0 Å². The number of aromatic nitrogens is 2. The Labute approximate surface area is 109 Å². The van der Waals surface area contributed by atoms with E-state index in [2.05, 4.69) is 46.1 Å². The average molecular weight is 241 g/mol. The number of nitrogens with zero attached hydrogens (tertiary/aromatic N) is 3. The quantitative estimate of drug-likeness (QED) is 0.827. The summed E-state index contributed by atoms with van der Waals surface area (Å²) in [5.74, 6) is 0.788. The third kappa shape index (κ3) is 2.86. The number of aryl methyl sites for hydroxylation is 3. The zero-order valence-corrected chi connectivity index (χ0v) is 11.4. The normalized spacial score (nSPS) is 10.4. The third-order valence-electron chi connectivity index (χ3n) is 2.98. The lowest BCUT2D eigenvalue weighted by molar-refractivity contribution is 0.847. The van der Waals surface area contributed by atoms with E-state index >= 15 is 0 Å². The molecule has 0 N–H and O–H groups in total. The van der Waals surface area contributed by atoms with Crippen molar-refractivity contribution in [2.45, 2.75) is 27.3 Å². The van der Waals surface area contributed by atoms with E-state index in [4.69, 9.17) is 0 Å². The van der Waals surface area contributed by atoms with E-state index in [0.717, 1.165) is 23.9 Å². The van der Waals surface area contributed by atoms with Crippen LogP contribution < -0.4 is 4.90 Å². The summed E-state index contributed by atoms with van der Waals surface area (Å²) in [5.41, 5.74) is 4.62.